The molecule has 4 nitrogen and oxygen atoms in total. The second kappa shape index (κ2) is 6.94. The van der Waals surface area contributed by atoms with Crippen LogP contribution in [0.15, 0.2) is 48.5 Å². The molecule has 4 bridgehead atoms. The predicted octanol–water partition coefficient (Wildman–Crippen LogP) is 5.08. The van der Waals surface area contributed by atoms with E-state index < -0.39 is 0 Å². The third-order valence-corrected chi connectivity index (χ3v) is 8.27. The zero-order chi connectivity index (χ0) is 21.2. The third-order valence-electron chi connectivity index (χ3n) is 8.27. The standard InChI is InChI=1S/C27H30N2O2/c1-17-7-8-23-22(9-17)25(21-5-3-2-4-6-21)29(16-24(30)28-23)26(31)27-13-18-10-19(14-27)12-20(11-18)15-27/h2-9,18-20,25H,10-16H2,1H3,(H,28,30). The molecule has 2 amide bonds. The summed E-state index contributed by atoms with van der Waals surface area (Å²) in [4.78, 5) is 29.2. The molecule has 1 N–H and O–H groups in total. The lowest BCUT2D eigenvalue weighted by Crippen LogP contribution is -2.55. The van der Waals surface area contributed by atoms with E-state index in [9.17, 15) is 9.59 Å². The Bertz CT molecular complexity index is 1010. The zero-order valence-corrected chi connectivity index (χ0v) is 18.1. The van der Waals surface area contributed by atoms with E-state index in [1.54, 1.807) is 0 Å². The minimum absolute atomic E-state index is 0.0957. The zero-order valence-electron chi connectivity index (χ0n) is 18.1. The van der Waals surface area contributed by atoms with Gasteiger partial charge in [-0.25, -0.2) is 0 Å². The van der Waals surface area contributed by atoms with Crippen molar-refractivity contribution in [2.75, 3.05) is 11.9 Å². The molecule has 0 aromatic heterocycles. The molecular formula is C27H30N2O2. The molecule has 4 aliphatic carbocycles. The topological polar surface area (TPSA) is 49.4 Å². The first-order valence-corrected chi connectivity index (χ1v) is 11.8. The Hall–Kier alpha value is -2.62. The highest BCUT2D eigenvalue weighted by molar-refractivity contribution is 5.98. The predicted molar refractivity (Wildman–Crippen MR) is 120 cm³/mol. The lowest BCUT2D eigenvalue weighted by atomic mass is 9.49. The molecule has 0 spiro atoms. The number of hydrogen-bond donors (Lipinski definition) is 1. The molecule has 1 unspecified atom stereocenters. The Balaban J connectivity index is 1.47. The Labute approximate surface area is 184 Å². The third kappa shape index (κ3) is 3.10. The summed E-state index contributed by atoms with van der Waals surface area (Å²) in [6, 6.07) is 16.1. The molecule has 2 aromatic carbocycles. The van der Waals surface area contributed by atoms with Gasteiger partial charge in [-0.2, -0.15) is 0 Å². The van der Waals surface area contributed by atoms with Crippen LogP contribution in [0.5, 0.6) is 0 Å². The smallest absolute Gasteiger partial charge is 0.244 e. The molecule has 31 heavy (non-hydrogen) atoms. The Morgan fingerprint density at radius 1 is 0.968 bits per heavy atom. The molecule has 1 aliphatic heterocycles. The maximum Gasteiger partial charge on any atom is 0.244 e. The minimum atomic E-state index is -0.267. The van der Waals surface area contributed by atoms with Crippen LogP contribution >= 0.6 is 0 Å². The Morgan fingerprint density at radius 3 is 2.26 bits per heavy atom. The first-order valence-electron chi connectivity index (χ1n) is 11.8. The van der Waals surface area contributed by atoms with Crippen molar-refractivity contribution in [1.82, 2.24) is 4.90 Å². The highest BCUT2D eigenvalue weighted by Crippen LogP contribution is 2.61. The van der Waals surface area contributed by atoms with E-state index in [-0.39, 0.29) is 29.8 Å². The van der Waals surface area contributed by atoms with Gasteiger partial charge in [0.1, 0.15) is 6.54 Å². The summed E-state index contributed by atoms with van der Waals surface area (Å²) in [5.41, 5.74) is 3.79. The number of amides is 2. The summed E-state index contributed by atoms with van der Waals surface area (Å²) in [7, 11) is 0. The van der Waals surface area contributed by atoms with Gasteiger partial charge in [-0.3, -0.25) is 9.59 Å². The molecule has 2 aromatic rings. The summed E-state index contributed by atoms with van der Waals surface area (Å²) >= 11 is 0. The molecule has 0 saturated heterocycles. The Kier molecular flexibility index (Phi) is 4.28. The molecule has 4 fully saturated rings. The van der Waals surface area contributed by atoms with Crippen molar-refractivity contribution in [2.24, 2.45) is 23.2 Å². The fraction of sp³-hybridized carbons (Fsp3) is 0.481. The molecule has 1 heterocycles. The molecule has 5 aliphatic rings. The quantitative estimate of drug-likeness (QED) is 0.745. The number of hydrogen-bond acceptors (Lipinski definition) is 2. The summed E-state index contributed by atoms with van der Waals surface area (Å²) in [6.07, 6.45) is 6.94. The van der Waals surface area contributed by atoms with Crippen molar-refractivity contribution >= 4 is 17.5 Å². The van der Waals surface area contributed by atoms with Crippen LogP contribution in [0.25, 0.3) is 0 Å². The van der Waals surface area contributed by atoms with Crippen LogP contribution in [0.4, 0.5) is 5.69 Å². The summed E-state index contributed by atoms with van der Waals surface area (Å²) < 4.78 is 0. The fourth-order valence-electron chi connectivity index (χ4n) is 7.49. The maximum atomic E-state index is 14.4. The number of benzene rings is 2. The number of carbonyl (C=O) groups excluding carboxylic acids is 2. The monoisotopic (exact) mass is 414 g/mol. The molecule has 0 radical (unpaired) electrons. The van der Waals surface area contributed by atoms with Gasteiger partial charge in [-0.1, -0.05) is 48.0 Å². The van der Waals surface area contributed by atoms with E-state index >= 15 is 0 Å². The van der Waals surface area contributed by atoms with Crippen molar-refractivity contribution < 1.29 is 9.59 Å². The molecule has 4 heteroatoms. The SMILES string of the molecule is Cc1ccc2c(c1)C(c1ccccc1)N(C(=O)C13CC4CC(CC(C4)C1)C3)CC(=O)N2. The average molecular weight is 415 g/mol. The molecule has 4 saturated carbocycles. The van der Waals surface area contributed by atoms with E-state index in [0.29, 0.717) is 17.8 Å². The molecule has 7 rings (SSSR count). The van der Waals surface area contributed by atoms with Crippen LogP contribution in [0, 0.1) is 30.1 Å². The van der Waals surface area contributed by atoms with Gasteiger partial charge >= 0.3 is 0 Å². The van der Waals surface area contributed by atoms with E-state index in [1.807, 2.05) is 35.2 Å². The minimum Gasteiger partial charge on any atom is -0.324 e. The van der Waals surface area contributed by atoms with Crippen LogP contribution < -0.4 is 5.32 Å². The van der Waals surface area contributed by atoms with Crippen LogP contribution in [0.3, 0.4) is 0 Å². The van der Waals surface area contributed by atoms with E-state index in [1.165, 1.54) is 19.3 Å². The second-order valence-electron chi connectivity index (χ2n) is 10.6. The molecule has 1 atom stereocenters. The van der Waals surface area contributed by atoms with Crippen molar-refractivity contribution in [3.05, 3.63) is 65.2 Å². The highest BCUT2D eigenvalue weighted by Gasteiger charge is 2.56. The van der Waals surface area contributed by atoms with Crippen molar-refractivity contribution in [3.63, 3.8) is 0 Å². The summed E-state index contributed by atoms with van der Waals surface area (Å²) in [5.74, 6) is 2.20. The first kappa shape index (κ1) is 19.1. The van der Waals surface area contributed by atoms with Crippen molar-refractivity contribution in [1.29, 1.82) is 0 Å². The lowest BCUT2D eigenvalue weighted by Gasteiger charge is -2.57. The van der Waals surface area contributed by atoms with Crippen LogP contribution in [0.2, 0.25) is 0 Å². The van der Waals surface area contributed by atoms with Gasteiger partial charge in [0.05, 0.1) is 11.5 Å². The largest absolute Gasteiger partial charge is 0.324 e. The highest BCUT2D eigenvalue weighted by atomic mass is 16.2. The van der Waals surface area contributed by atoms with Gasteiger partial charge < -0.3 is 10.2 Å². The van der Waals surface area contributed by atoms with Crippen molar-refractivity contribution in [2.45, 2.75) is 51.5 Å². The fourth-order valence-corrected chi connectivity index (χ4v) is 7.49. The molecular weight excluding hydrogens is 384 g/mol. The van der Waals surface area contributed by atoms with Crippen molar-refractivity contribution in [3.8, 4) is 0 Å². The number of carbonyl (C=O) groups is 2. The second-order valence-corrected chi connectivity index (χ2v) is 10.6. The van der Waals surface area contributed by atoms with E-state index in [2.05, 4.69) is 30.4 Å². The number of nitrogens with zero attached hydrogens (tertiary/aromatic N) is 1. The van der Waals surface area contributed by atoms with Gasteiger partial charge in [0.15, 0.2) is 0 Å². The number of fused-ring (bicyclic) bond motifs is 1. The van der Waals surface area contributed by atoms with Gasteiger partial charge in [0.2, 0.25) is 11.8 Å². The van der Waals surface area contributed by atoms with Gasteiger partial charge in [0, 0.05) is 11.3 Å². The van der Waals surface area contributed by atoms with Gasteiger partial charge in [-0.15, -0.1) is 0 Å². The first-order chi connectivity index (χ1) is 15.0. The van der Waals surface area contributed by atoms with E-state index in [4.69, 9.17) is 0 Å². The maximum absolute atomic E-state index is 14.4. The van der Waals surface area contributed by atoms with Crippen LogP contribution in [-0.4, -0.2) is 23.3 Å². The summed E-state index contributed by atoms with van der Waals surface area (Å²) in [5, 5.41) is 3.08. The summed E-state index contributed by atoms with van der Waals surface area (Å²) in [6.45, 7) is 2.19. The van der Waals surface area contributed by atoms with Crippen LogP contribution in [0.1, 0.15) is 61.3 Å². The lowest BCUT2D eigenvalue weighted by molar-refractivity contribution is -0.160. The van der Waals surface area contributed by atoms with E-state index in [0.717, 1.165) is 41.6 Å². The normalized spacial score (nSPS) is 33.6. The Morgan fingerprint density at radius 2 is 1.61 bits per heavy atom. The van der Waals surface area contributed by atoms with Gasteiger partial charge in [-0.05, 0) is 74.8 Å². The number of aryl methyl sites for hydroxylation is 1. The number of nitrogens with one attached hydrogen (secondary N) is 1. The average Bonchev–Trinajstić information content (AvgIpc) is 2.88. The number of anilines is 1. The molecule has 160 valence electrons. The van der Waals surface area contributed by atoms with Gasteiger partial charge in [0.25, 0.3) is 0 Å². The number of rotatable bonds is 2. The van der Waals surface area contributed by atoms with Crippen LogP contribution in [-0.2, 0) is 9.59 Å².